The van der Waals surface area contributed by atoms with E-state index in [1.54, 1.807) is 0 Å². The van der Waals surface area contributed by atoms with Crippen molar-refractivity contribution in [3.63, 3.8) is 0 Å². The predicted molar refractivity (Wildman–Crippen MR) is 59.5 cm³/mol. The number of nitrogens with zero attached hydrogens (tertiary/aromatic N) is 2. The summed E-state index contributed by atoms with van der Waals surface area (Å²) in [6, 6.07) is 0. The molecule has 1 N–H and O–H groups in total. The van der Waals surface area contributed by atoms with Gasteiger partial charge in [-0.1, -0.05) is 13.8 Å². The van der Waals surface area contributed by atoms with Crippen molar-refractivity contribution in [1.29, 1.82) is 0 Å². The third-order valence-corrected chi connectivity index (χ3v) is 2.89. The second kappa shape index (κ2) is 5.11. The van der Waals surface area contributed by atoms with Crippen LogP contribution in [0.15, 0.2) is 5.03 Å². The molecule has 0 aliphatic rings. The van der Waals surface area contributed by atoms with E-state index >= 15 is 0 Å². The van der Waals surface area contributed by atoms with Gasteiger partial charge in [-0.05, 0) is 24.7 Å². The molecule has 0 aliphatic heterocycles. The first-order chi connectivity index (χ1) is 7.15. The molecule has 0 radical (unpaired) electrons. The molecule has 0 spiro atoms. The van der Waals surface area contributed by atoms with E-state index in [-0.39, 0.29) is 0 Å². The zero-order valence-corrected chi connectivity index (χ0v) is 9.89. The quantitative estimate of drug-likeness (QED) is 0.796. The van der Waals surface area contributed by atoms with E-state index < -0.39 is 5.97 Å². The summed E-state index contributed by atoms with van der Waals surface area (Å²) in [6.07, 6.45) is 3.19. The Morgan fingerprint density at radius 1 is 1.33 bits per heavy atom. The third kappa shape index (κ3) is 2.28. The van der Waals surface area contributed by atoms with Crippen molar-refractivity contribution in [3.05, 3.63) is 16.8 Å². The maximum absolute atomic E-state index is 11.1. The summed E-state index contributed by atoms with van der Waals surface area (Å²) in [4.78, 5) is 11.1. The van der Waals surface area contributed by atoms with Crippen molar-refractivity contribution < 1.29 is 9.90 Å². The molecule has 0 fully saturated rings. The fraction of sp³-hybridized carbons (Fsp3) is 0.500. The summed E-state index contributed by atoms with van der Waals surface area (Å²) in [7, 11) is 0. The number of carboxylic acids is 1. The lowest BCUT2D eigenvalue weighted by Gasteiger charge is -2.10. The molecule has 82 valence electrons. The summed E-state index contributed by atoms with van der Waals surface area (Å²) in [5.41, 5.74) is 1.91. The summed E-state index contributed by atoms with van der Waals surface area (Å²) in [5, 5.41) is 17.6. The van der Waals surface area contributed by atoms with E-state index in [1.165, 1.54) is 11.8 Å². The minimum atomic E-state index is -0.916. The second-order valence-corrected chi connectivity index (χ2v) is 3.82. The maximum Gasteiger partial charge on any atom is 0.338 e. The molecule has 1 aromatic rings. The van der Waals surface area contributed by atoms with Crippen molar-refractivity contribution >= 4 is 17.7 Å². The Labute approximate surface area is 93.1 Å². The first kappa shape index (κ1) is 12.0. The fourth-order valence-electron chi connectivity index (χ4n) is 1.52. The number of rotatable bonds is 4. The number of hydrogen-bond donors (Lipinski definition) is 1. The van der Waals surface area contributed by atoms with Crippen molar-refractivity contribution in [1.82, 2.24) is 10.2 Å². The van der Waals surface area contributed by atoms with Crippen molar-refractivity contribution in [2.45, 2.75) is 31.7 Å². The first-order valence-electron chi connectivity index (χ1n) is 4.81. The monoisotopic (exact) mass is 226 g/mol. The number of aromatic nitrogens is 2. The molecule has 15 heavy (non-hydrogen) atoms. The van der Waals surface area contributed by atoms with Gasteiger partial charge in [0, 0.05) is 0 Å². The molecule has 0 saturated heterocycles. The van der Waals surface area contributed by atoms with Gasteiger partial charge < -0.3 is 5.11 Å². The molecule has 0 unspecified atom stereocenters. The lowest BCUT2D eigenvalue weighted by atomic mass is 10.0. The molecule has 1 rings (SSSR count). The van der Waals surface area contributed by atoms with E-state index in [2.05, 4.69) is 10.2 Å². The Bertz CT molecular complexity index is 380. The van der Waals surface area contributed by atoms with Crippen LogP contribution in [0.3, 0.4) is 0 Å². The minimum absolute atomic E-state index is 0.317. The molecule has 0 atom stereocenters. The highest BCUT2D eigenvalue weighted by molar-refractivity contribution is 7.98. The molecule has 5 heteroatoms. The van der Waals surface area contributed by atoms with Crippen LogP contribution in [0.25, 0.3) is 0 Å². The molecular formula is C10H14N2O2S. The normalized spacial score (nSPS) is 10.3. The standard InChI is InChI=1S/C10H14N2O2S/c1-4-6-7(5-2)11-12-9(15-3)8(6)10(13)14/h4-5H2,1-3H3,(H,13,14). The van der Waals surface area contributed by atoms with Gasteiger partial charge in [0.2, 0.25) is 0 Å². The van der Waals surface area contributed by atoms with E-state index in [0.29, 0.717) is 23.4 Å². The Hall–Kier alpha value is -1.10. The molecule has 1 heterocycles. The smallest absolute Gasteiger partial charge is 0.338 e. The molecule has 0 saturated carbocycles. The summed E-state index contributed by atoms with van der Waals surface area (Å²) >= 11 is 1.32. The fourth-order valence-corrected chi connectivity index (χ4v) is 2.05. The Morgan fingerprint density at radius 3 is 2.40 bits per heavy atom. The van der Waals surface area contributed by atoms with Crippen molar-refractivity contribution in [3.8, 4) is 0 Å². The van der Waals surface area contributed by atoms with E-state index in [9.17, 15) is 4.79 Å². The van der Waals surface area contributed by atoms with Crippen LogP contribution in [0, 0.1) is 0 Å². The molecule has 0 bridgehead atoms. The van der Waals surface area contributed by atoms with Crippen molar-refractivity contribution in [2.75, 3.05) is 6.26 Å². The average Bonchev–Trinajstić information content (AvgIpc) is 2.26. The van der Waals surface area contributed by atoms with Gasteiger partial charge in [-0.15, -0.1) is 16.9 Å². The van der Waals surface area contributed by atoms with Gasteiger partial charge in [-0.2, -0.15) is 5.10 Å². The molecule has 0 aliphatic carbocycles. The van der Waals surface area contributed by atoms with Crippen LogP contribution in [0.5, 0.6) is 0 Å². The molecule has 4 nitrogen and oxygen atoms in total. The summed E-state index contributed by atoms with van der Waals surface area (Å²) in [5.74, 6) is -0.916. The third-order valence-electron chi connectivity index (χ3n) is 2.22. The Morgan fingerprint density at radius 2 is 2.00 bits per heavy atom. The minimum Gasteiger partial charge on any atom is -0.478 e. The van der Waals surface area contributed by atoms with Gasteiger partial charge in [0.15, 0.2) is 0 Å². The van der Waals surface area contributed by atoms with Gasteiger partial charge in [-0.25, -0.2) is 4.79 Å². The van der Waals surface area contributed by atoms with Crippen LogP contribution in [-0.2, 0) is 12.8 Å². The van der Waals surface area contributed by atoms with Crippen LogP contribution in [0.2, 0.25) is 0 Å². The number of hydrogen-bond acceptors (Lipinski definition) is 4. The van der Waals surface area contributed by atoms with Gasteiger partial charge in [0.1, 0.15) is 5.03 Å². The zero-order chi connectivity index (χ0) is 11.4. The highest BCUT2D eigenvalue weighted by atomic mass is 32.2. The second-order valence-electron chi connectivity index (χ2n) is 3.02. The molecule has 0 aromatic carbocycles. The van der Waals surface area contributed by atoms with E-state index in [0.717, 1.165) is 11.3 Å². The van der Waals surface area contributed by atoms with Crippen LogP contribution >= 0.6 is 11.8 Å². The van der Waals surface area contributed by atoms with Gasteiger partial charge in [0.05, 0.1) is 11.3 Å². The van der Waals surface area contributed by atoms with Crippen LogP contribution in [0.4, 0.5) is 0 Å². The van der Waals surface area contributed by atoms with Gasteiger partial charge >= 0.3 is 5.97 Å². The highest BCUT2D eigenvalue weighted by Gasteiger charge is 2.19. The topological polar surface area (TPSA) is 63.1 Å². The number of carboxylic acid groups (broad SMARTS) is 1. The van der Waals surface area contributed by atoms with Crippen LogP contribution in [-0.4, -0.2) is 27.5 Å². The largest absolute Gasteiger partial charge is 0.478 e. The number of aryl methyl sites for hydroxylation is 1. The SMILES string of the molecule is CCc1nnc(SC)c(C(=O)O)c1CC. The Balaban J connectivity index is 3.44. The summed E-state index contributed by atoms with van der Waals surface area (Å²) in [6.45, 7) is 3.89. The van der Waals surface area contributed by atoms with Gasteiger partial charge in [0.25, 0.3) is 0 Å². The predicted octanol–water partition coefficient (Wildman–Crippen LogP) is 2.02. The molecule has 0 amide bonds. The van der Waals surface area contributed by atoms with Gasteiger partial charge in [-0.3, -0.25) is 0 Å². The van der Waals surface area contributed by atoms with Crippen LogP contribution in [0.1, 0.15) is 35.5 Å². The summed E-state index contributed by atoms with van der Waals surface area (Å²) < 4.78 is 0. The lowest BCUT2D eigenvalue weighted by molar-refractivity contribution is 0.0690. The number of aromatic carboxylic acids is 1. The molecule has 1 aromatic heterocycles. The Kier molecular flexibility index (Phi) is 4.08. The van der Waals surface area contributed by atoms with E-state index in [4.69, 9.17) is 5.11 Å². The maximum atomic E-state index is 11.1. The lowest BCUT2D eigenvalue weighted by Crippen LogP contribution is -2.11. The average molecular weight is 226 g/mol. The molecular weight excluding hydrogens is 212 g/mol. The number of thioether (sulfide) groups is 1. The first-order valence-corrected chi connectivity index (χ1v) is 6.03. The highest BCUT2D eigenvalue weighted by Crippen LogP contribution is 2.23. The van der Waals surface area contributed by atoms with Crippen LogP contribution < -0.4 is 0 Å². The number of carbonyl (C=O) groups is 1. The van der Waals surface area contributed by atoms with Crippen molar-refractivity contribution in [2.24, 2.45) is 0 Å². The van der Waals surface area contributed by atoms with E-state index in [1.807, 2.05) is 20.1 Å². The zero-order valence-electron chi connectivity index (χ0n) is 9.07.